The van der Waals surface area contributed by atoms with Crippen molar-refractivity contribution in [3.05, 3.63) is 35.4 Å². The Bertz CT molecular complexity index is 445. The summed E-state index contributed by atoms with van der Waals surface area (Å²) in [6.07, 6.45) is 0. The number of hydrogen-bond donors (Lipinski definition) is 1. The molecule has 0 amide bonds. The summed E-state index contributed by atoms with van der Waals surface area (Å²) in [6, 6.07) is 3.58. The highest BCUT2D eigenvalue weighted by atomic mass is 32.2. The molecule has 0 aliphatic rings. The minimum absolute atomic E-state index is 0.00303. The molecule has 0 aliphatic heterocycles. The SMILES string of the molecule is CON=C(CSCc1c(F)cccc1F)C(=O)O. The second-order valence-electron chi connectivity index (χ2n) is 3.22. The van der Waals surface area contributed by atoms with Crippen LogP contribution in [0.3, 0.4) is 0 Å². The number of rotatable bonds is 6. The van der Waals surface area contributed by atoms with Gasteiger partial charge < -0.3 is 9.94 Å². The van der Waals surface area contributed by atoms with Crippen LogP contribution in [-0.4, -0.2) is 29.7 Å². The van der Waals surface area contributed by atoms with Gasteiger partial charge >= 0.3 is 5.97 Å². The predicted molar refractivity (Wildman–Crippen MR) is 64.6 cm³/mol. The number of oxime groups is 1. The Labute approximate surface area is 107 Å². The summed E-state index contributed by atoms with van der Waals surface area (Å²) < 4.78 is 26.5. The molecule has 98 valence electrons. The first kappa shape index (κ1) is 14.4. The number of aliphatic carboxylic acids is 1. The van der Waals surface area contributed by atoms with Gasteiger partial charge in [0, 0.05) is 17.1 Å². The average molecular weight is 275 g/mol. The van der Waals surface area contributed by atoms with Crippen LogP contribution < -0.4 is 0 Å². The first-order valence-electron chi connectivity index (χ1n) is 4.90. The quantitative estimate of drug-likeness (QED) is 0.639. The van der Waals surface area contributed by atoms with Crippen LogP contribution in [0, 0.1) is 11.6 Å². The van der Waals surface area contributed by atoms with Crippen molar-refractivity contribution in [2.75, 3.05) is 12.9 Å². The van der Waals surface area contributed by atoms with Crippen LogP contribution in [0.25, 0.3) is 0 Å². The van der Waals surface area contributed by atoms with Crippen LogP contribution in [0.15, 0.2) is 23.4 Å². The lowest BCUT2D eigenvalue weighted by Crippen LogP contribution is -2.16. The van der Waals surface area contributed by atoms with Crippen molar-refractivity contribution in [3.8, 4) is 0 Å². The predicted octanol–water partition coefficient (Wildman–Crippen LogP) is 2.29. The summed E-state index contributed by atoms with van der Waals surface area (Å²) >= 11 is 1.04. The number of benzene rings is 1. The average Bonchev–Trinajstić information content (AvgIpc) is 2.31. The zero-order chi connectivity index (χ0) is 13.5. The fourth-order valence-electron chi connectivity index (χ4n) is 1.16. The Balaban J connectivity index is 2.61. The van der Waals surface area contributed by atoms with Gasteiger partial charge in [-0.1, -0.05) is 11.2 Å². The number of carbonyl (C=O) groups is 1. The van der Waals surface area contributed by atoms with Crippen molar-refractivity contribution in [2.24, 2.45) is 5.16 Å². The van der Waals surface area contributed by atoms with E-state index in [4.69, 9.17) is 5.11 Å². The van der Waals surface area contributed by atoms with Gasteiger partial charge in [0.2, 0.25) is 0 Å². The molecule has 0 radical (unpaired) electrons. The van der Waals surface area contributed by atoms with Gasteiger partial charge in [-0.25, -0.2) is 13.6 Å². The summed E-state index contributed by atoms with van der Waals surface area (Å²) in [6.45, 7) is 0. The van der Waals surface area contributed by atoms with E-state index in [1.807, 2.05) is 0 Å². The Kier molecular flexibility index (Phi) is 5.57. The van der Waals surface area contributed by atoms with Gasteiger partial charge in [-0.2, -0.15) is 11.8 Å². The topological polar surface area (TPSA) is 58.9 Å². The lowest BCUT2D eigenvalue weighted by atomic mass is 10.2. The summed E-state index contributed by atoms with van der Waals surface area (Å²) in [5.41, 5.74) is -0.288. The van der Waals surface area contributed by atoms with E-state index in [0.29, 0.717) is 0 Å². The highest BCUT2D eigenvalue weighted by Crippen LogP contribution is 2.19. The van der Waals surface area contributed by atoms with Gasteiger partial charge in [-0.05, 0) is 12.1 Å². The number of hydrogen-bond acceptors (Lipinski definition) is 4. The van der Waals surface area contributed by atoms with Crippen LogP contribution in [0.1, 0.15) is 5.56 Å². The summed E-state index contributed by atoms with van der Waals surface area (Å²) in [5, 5.41) is 12.0. The zero-order valence-corrected chi connectivity index (χ0v) is 10.3. The maximum atomic E-state index is 13.3. The maximum absolute atomic E-state index is 13.3. The molecule has 1 N–H and O–H groups in total. The van der Waals surface area contributed by atoms with E-state index in [-0.39, 0.29) is 22.8 Å². The monoisotopic (exact) mass is 275 g/mol. The Morgan fingerprint density at radius 3 is 2.56 bits per heavy atom. The number of carboxylic acids is 1. The normalized spacial score (nSPS) is 11.4. The van der Waals surface area contributed by atoms with Gasteiger partial charge in [0.15, 0.2) is 5.71 Å². The minimum atomic E-state index is -1.22. The Hall–Kier alpha value is -1.63. The fraction of sp³-hybridized carbons (Fsp3) is 0.273. The maximum Gasteiger partial charge on any atom is 0.354 e. The largest absolute Gasteiger partial charge is 0.477 e. The first-order chi connectivity index (χ1) is 8.56. The van der Waals surface area contributed by atoms with E-state index in [1.54, 1.807) is 0 Å². The lowest BCUT2D eigenvalue weighted by molar-refractivity contribution is -0.129. The van der Waals surface area contributed by atoms with Gasteiger partial charge in [0.05, 0.1) is 0 Å². The number of carboxylic acid groups (broad SMARTS) is 1. The van der Waals surface area contributed by atoms with Crippen LogP contribution in [0.4, 0.5) is 8.78 Å². The van der Waals surface area contributed by atoms with Crippen molar-refractivity contribution >= 4 is 23.4 Å². The molecular formula is C11H11F2NO3S. The van der Waals surface area contributed by atoms with Crippen molar-refractivity contribution < 1.29 is 23.5 Å². The van der Waals surface area contributed by atoms with Gasteiger partial charge in [0.25, 0.3) is 0 Å². The van der Waals surface area contributed by atoms with E-state index >= 15 is 0 Å². The number of thioether (sulfide) groups is 1. The fourth-order valence-corrected chi connectivity index (χ4v) is 2.11. The standard InChI is InChI=1S/C11H11F2NO3S/c1-17-14-10(11(15)16)6-18-5-7-8(12)3-2-4-9(7)13/h2-4H,5-6H2,1H3,(H,15,16). The molecule has 0 saturated heterocycles. The Morgan fingerprint density at radius 2 is 2.06 bits per heavy atom. The Morgan fingerprint density at radius 1 is 1.44 bits per heavy atom. The zero-order valence-electron chi connectivity index (χ0n) is 9.52. The van der Waals surface area contributed by atoms with Crippen molar-refractivity contribution in [1.82, 2.24) is 0 Å². The second-order valence-corrected chi connectivity index (χ2v) is 4.20. The van der Waals surface area contributed by atoms with E-state index in [1.165, 1.54) is 13.2 Å². The van der Waals surface area contributed by atoms with E-state index < -0.39 is 17.6 Å². The van der Waals surface area contributed by atoms with Gasteiger partial charge in [-0.3, -0.25) is 0 Å². The van der Waals surface area contributed by atoms with Crippen molar-refractivity contribution in [1.29, 1.82) is 0 Å². The molecule has 0 saturated carbocycles. The molecule has 1 aromatic carbocycles. The summed E-state index contributed by atoms with van der Waals surface area (Å²) in [5.74, 6) is -2.50. The molecular weight excluding hydrogens is 264 g/mol. The molecule has 7 heteroatoms. The third kappa shape index (κ3) is 3.99. The molecule has 4 nitrogen and oxygen atoms in total. The number of halogens is 2. The van der Waals surface area contributed by atoms with E-state index in [9.17, 15) is 13.6 Å². The van der Waals surface area contributed by atoms with Gasteiger partial charge in [-0.15, -0.1) is 0 Å². The molecule has 0 fully saturated rings. The molecule has 0 aromatic heterocycles. The van der Waals surface area contributed by atoms with Gasteiger partial charge in [0.1, 0.15) is 18.7 Å². The van der Waals surface area contributed by atoms with Crippen LogP contribution in [0.5, 0.6) is 0 Å². The second kappa shape index (κ2) is 6.95. The van der Waals surface area contributed by atoms with Crippen LogP contribution in [-0.2, 0) is 15.4 Å². The van der Waals surface area contributed by atoms with E-state index in [2.05, 4.69) is 9.99 Å². The smallest absolute Gasteiger partial charge is 0.354 e. The molecule has 0 aliphatic carbocycles. The third-order valence-electron chi connectivity index (χ3n) is 2.00. The van der Waals surface area contributed by atoms with E-state index in [0.717, 1.165) is 23.9 Å². The highest BCUT2D eigenvalue weighted by Gasteiger charge is 2.13. The van der Waals surface area contributed by atoms with Crippen LogP contribution >= 0.6 is 11.8 Å². The number of nitrogens with zero attached hydrogens (tertiary/aromatic N) is 1. The summed E-state index contributed by atoms with van der Waals surface area (Å²) in [7, 11) is 1.23. The molecule has 0 atom stereocenters. The molecule has 1 rings (SSSR count). The molecule has 0 unspecified atom stereocenters. The third-order valence-corrected chi connectivity index (χ3v) is 2.97. The van der Waals surface area contributed by atoms with Crippen LogP contribution in [0.2, 0.25) is 0 Å². The first-order valence-corrected chi connectivity index (χ1v) is 6.05. The molecule has 1 aromatic rings. The molecule has 0 spiro atoms. The van der Waals surface area contributed by atoms with Crippen molar-refractivity contribution in [2.45, 2.75) is 5.75 Å². The molecule has 18 heavy (non-hydrogen) atoms. The molecule has 0 heterocycles. The lowest BCUT2D eigenvalue weighted by Gasteiger charge is -2.04. The minimum Gasteiger partial charge on any atom is -0.477 e. The molecule has 0 bridgehead atoms. The highest BCUT2D eigenvalue weighted by molar-refractivity contribution is 7.99. The summed E-state index contributed by atoms with van der Waals surface area (Å²) in [4.78, 5) is 15.1. The van der Waals surface area contributed by atoms with Crippen molar-refractivity contribution in [3.63, 3.8) is 0 Å².